The van der Waals surface area contributed by atoms with Gasteiger partial charge in [-0.3, -0.25) is 38.5 Å². The first-order valence-corrected chi connectivity index (χ1v) is 28.7. The van der Waals surface area contributed by atoms with Crippen LogP contribution in [0.2, 0.25) is 0 Å². The van der Waals surface area contributed by atoms with Crippen LogP contribution in [-0.2, 0) is 27.5 Å². The van der Waals surface area contributed by atoms with Crippen LogP contribution in [0.1, 0.15) is 80.3 Å². The highest BCUT2D eigenvalue weighted by atomic mass is 19.1. The Morgan fingerprint density at radius 1 is 0.841 bits per heavy atom. The molecule has 0 saturated carbocycles. The number of carboxylic acids is 1. The summed E-state index contributed by atoms with van der Waals surface area (Å²) in [4.78, 5) is 85.2. The number of piperazine rings is 1. The van der Waals surface area contributed by atoms with Crippen molar-refractivity contribution in [3.05, 3.63) is 131 Å². The number of carbonyl (C=O) groups excluding carboxylic acids is 3. The number of carboxylic acid groups (broad SMARTS) is 1. The fourth-order valence-corrected chi connectivity index (χ4v) is 11.9. The van der Waals surface area contributed by atoms with Gasteiger partial charge in [-0.15, -0.1) is 5.10 Å². The van der Waals surface area contributed by atoms with Gasteiger partial charge in [-0.2, -0.15) is 0 Å². The van der Waals surface area contributed by atoms with Gasteiger partial charge in [-0.05, 0) is 80.1 Å². The lowest BCUT2D eigenvalue weighted by Crippen LogP contribution is -2.46. The molecular weight excluding hydrogens is 1040 g/mol. The number of aliphatic carboxylic acids is 1. The fourth-order valence-electron chi connectivity index (χ4n) is 11.9. The molecule has 7 heterocycles. The zero-order valence-electron chi connectivity index (χ0n) is 47.1. The number of unbranched alkanes of at least 4 members (excludes halogenated alkanes) is 5. The van der Waals surface area contributed by atoms with Gasteiger partial charge in [-0.25, -0.2) is 4.39 Å². The number of pyridine rings is 2. The Morgan fingerprint density at radius 3 is 2.43 bits per heavy atom. The van der Waals surface area contributed by atoms with Gasteiger partial charge in [0.05, 0.1) is 48.9 Å². The Bertz CT molecular complexity index is 3510. The third-order valence-electron chi connectivity index (χ3n) is 16.3. The number of rotatable bonds is 22. The Kier molecular flexibility index (Phi) is 18.0. The summed E-state index contributed by atoms with van der Waals surface area (Å²) in [6.45, 7) is 7.00. The number of nitrogens with zero attached hydrogens (tertiary/aromatic N) is 11. The summed E-state index contributed by atoms with van der Waals surface area (Å²) in [6, 6.07) is 20.8. The molecule has 0 unspecified atom stereocenters. The maximum Gasteiger partial charge on any atom is 0.323 e. The summed E-state index contributed by atoms with van der Waals surface area (Å²) < 4.78 is 25.7. The number of nitrogens with one attached hydrogen (secondary N) is 1. The quantitative estimate of drug-likeness (QED) is 0.0617. The summed E-state index contributed by atoms with van der Waals surface area (Å²) in [5.74, 6) is -1.63. The smallest absolute Gasteiger partial charge is 0.323 e. The molecule has 2 N–H and O–H groups in total. The Morgan fingerprint density at radius 2 is 1.65 bits per heavy atom. The molecule has 0 spiro atoms. The second kappa shape index (κ2) is 26.0. The van der Waals surface area contributed by atoms with Crippen molar-refractivity contribution in [2.75, 3.05) is 101 Å². The van der Waals surface area contributed by atoms with Crippen LogP contribution >= 0.6 is 0 Å². The number of benzene rings is 3. The van der Waals surface area contributed by atoms with Gasteiger partial charge >= 0.3 is 5.97 Å². The SMILES string of the molecule is COc1cc(N2CCN(CCCCCCCCN(C(=O)[C@H]3CCCN(c4cncc5ccccc45)C3)c3ccc(=O)n(CC(=O)O)c3)CC2)ccc1-c1cc(C2=CCCN(C(=O)CCn3ccnn3)C2)c(F)c2[nH]c(C(=O)N(C)C)cc12. The van der Waals surface area contributed by atoms with Gasteiger partial charge in [0, 0.05) is 143 Å². The van der Waals surface area contributed by atoms with Crippen LogP contribution in [0.4, 0.5) is 21.5 Å². The molecule has 10 rings (SSSR count). The Hall–Kier alpha value is -8.39. The van der Waals surface area contributed by atoms with Crippen molar-refractivity contribution >= 4 is 68.0 Å². The normalized spacial score (nSPS) is 15.9. The number of piperidine rings is 1. The first kappa shape index (κ1) is 56.9. The number of carbonyl (C=O) groups is 4. The summed E-state index contributed by atoms with van der Waals surface area (Å²) >= 11 is 0. The molecule has 1 atom stereocenters. The fraction of sp³-hybridized carbons (Fsp3) is 0.419. The van der Waals surface area contributed by atoms with Crippen LogP contribution < -0.4 is 25.0 Å². The second-order valence-electron chi connectivity index (χ2n) is 21.9. The molecule has 82 heavy (non-hydrogen) atoms. The minimum absolute atomic E-state index is 0.0187. The molecule has 4 aromatic heterocycles. The van der Waals surface area contributed by atoms with Crippen molar-refractivity contribution < 1.29 is 33.4 Å². The topological polar surface area (TPSA) is 199 Å². The van der Waals surface area contributed by atoms with Crippen molar-refractivity contribution in [1.29, 1.82) is 0 Å². The number of aryl methyl sites for hydroxylation is 1. The summed E-state index contributed by atoms with van der Waals surface area (Å²) in [6.07, 6.45) is 18.9. The molecule has 3 amide bonds. The van der Waals surface area contributed by atoms with E-state index in [9.17, 15) is 29.1 Å². The highest BCUT2D eigenvalue weighted by Crippen LogP contribution is 2.42. The number of fused-ring (bicyclic) bond motifs is 2. The maximum atomic E-state index is 16.8. The summed E-state index contributed by atoms with van der Waals surface area (Å²) in [7, 11) is 4.95. The largest absolute Gasteiger partial charge is 0.496 e. The van der Waals surface area contributed by atoms with Crippen LogP contribution in [0.15, 0.2) is 109 Å². The number of amides is 3. The molecule has 20 heteroatoms. The number of ether oxygens (including phenoxy) is 1. The molecule has 7 aromatic rings. The molecular formula is C62H73FN12O7. The predicted molar refractivity (Wildman–Crippen MR) is 316 cm³/mol. The highest BCUT2D eigenvalue weighted by molar-refractivity contribution is 6.05. The van der Waals surface area contributed by atoms with E-state index >= 15 is 4.39 Å². The number of methoxy groups -OCH3 is 1. The number of hydrogen-bond acceptors (Lipinski definition) is 12. The van der Waals surface area contributed by atoms with E-state index in [4.69, 9.17) is 4.74 Å². The maximum absolute atomic E-state index is 16.8. The molecule has 2 saturated heterocycles. The molecule has 3 aliphatic rings. The first-order valence-electron chi connectivity index (χ1n) is 28.7. The lowest BCUT2D eigenvalue weighted by atomic mass is 9.92. The summed E-state index contributed by atoms with van der Waals surface area (Å²) in [5.41, 5.74) is 5.12. The van der Waals surface area contributed by atoms with Gasteiger partial charge in [-0.1, -0.05) is 61.2 Å². The number of halogens is 1. The molecule has 3 aliphatic heterocycles. The van der Waals surface area contributed by atoms with Crippen molar-refractivity contribution in [3.8, 4) is 16.9 Å². The van der Waals surface area contributed by atoms with E-state index in [0.29, 0.717) is 66.1 Å². The molecule has 19 nitrogen and oxygen atoms in total. The van der Waals surface area contributed by atoms with Crippen LogP contribution in [0, 0.1) is 11.7 Å². The van der Waals surface area contributed by atoms with E-state index in [0.717, 1.165) is 123 Å². The van der Waals surface area contributed by atoms with E-state index in [1.807, 2.05) is 54.9 Å². The summed E-state index contributed by atoms with van der Waals surface area (Å²) in [5, 5.41) is 20.0. The van der Waals surface area contributed by atoms with Crippen LogP contribution in [0.3, 0.4) is 0 Å². The van der Waals surface area contributed by atoms with E-state index in [-0.39, 0.29) is 47.8 Å². The average molecular weight is 1120 g/mol. The lowest BCUT2D eigenvalue weighted by Gasteiger charge is -2.36. The first-order chi connectivity index (χ1) is 39.8. The van der Waals surface area contributed by atoms with Gasteiger partial charge in [0.15, 0.2) is 5.82 Å². The zero-order chi connectivity index (χ0) is 57.3. The number of aromatic nitrogens is 6. The third-order valence-corrected chi connectivity index (χ3v) is 16.3. The standard InChI is InChI=1S/C62H73FN12O7/c1-68(2)62(81)53-36-52-51(35-50(59(63)60(52)66-53)44-15-12-26-72(39-44)57(77)22-28-74-29-23-65-67-74)49-20-18-46(34-55(49)82-3)70-32-30-69(31-33-70)24-10-6-4-5-7-11-27-75(47-19-21-56(76)73(41-47)42-58(78)79)61(80)45-16-13-25-71(40-45)54-38-64-37-43-14-8-9-17-48(43)54/h8-9,14-15,17-21,23,29,34-38,41,45,66H,4-7,10-13,16,22,24-28,30-33,39-40,42H2,1-3H3,(H,78,79)/t45-/m0/s1. The monoisotopic (exact) mass is 1120 g/mol. The Balaban J connectivity index is 0.732. The van der Waals surface area contributed by atoms with E-state index in [2.05, 4.69) is 47.1 Å². The van der Waals surface area contributed by atoms with Gasteiger partial charge in [0.2, 0.25) is 11.8 Å². The van der Waals surface area contributed by atoms with Crippen LogP contribution in [-0.4, -0.2) is 160 Å². The molecule has 0 bridgehead atoms. The van der Waals surface area contributed by atoms with Crippen molar-refractivity contribution in [2.24, 2.45) is 5.92 Å². The van der Waals surface area contributed by atoms with E-state index < -0.39 is 23.9 Å². The molecule has 0 radical (unpaired) electrons. The predicted octanol–water partition coefficient (Wildman–Crippen LogP) is 8.19. The van der Waals surface area contributed by atoms with Gasteiger partial charge in [0.1, 0.15) is 18.0 Å². The second-order valence-corrected chi connectivity index (χ2v) is 21.9. The van der Waals surface area contributed by atoms with E-state index in [1.54, 1.807) is 60.2 Å². The molecule has 2 fully saturated rings. The molecule has 3 aromatic carbocycles. The van der Waals surface area contributed by atoms with E-state index in [1.165, 1.54) is 17.2 Å². The van der Waals surface area contributed by atoms with Gasteiger partial charge in [0.25, 0.3) is 11.5 Å². The zero-order valence-corrected chi connectivity index (χ0v) is 47.1. The van der Waals surface area contributed by atoms with Crippen molar-refractivity contribution in [1.82, 2.24) is 44.2 Å². The minimum atomic E-state index is -1.13. The average Bonchev–Trinajstić information content (AvgIpc) is 4.28. The number of H-pyrrole nitrogens is 1. The van der Waals surface area contributed by atoms with Crippen LogP contribution in [0.5, 0.6) is 5.75 Å². The Labute approximate surface area is 476 Å². The highest BCUT2D eigenvalue weighted by Gasteiger charge is 2.32. The lowest BCUT2D eigenvalue weighted by molar-refractivity contribution is -0.137. The third kappa shape index (κ3) is 13.0. The van der Waals surface area contributed by atoms with Crippen LogP contribution in [0.25, 0.3) is 38.4 Å². The number of hydrogen-bond donors (Lipinski definition) is 2. The van der Waals surface area contributed by atoms with Crippen molar-refractivity contribution in [2.45, 2.75) is 77.3 Å². The number of anilines is 3. The molecule has 430 valence electrons. The molecule has 0 aliphatic carbocycles. The number of aromatic amines is 1. The minimum Gasteiger partial charge on any atom is -0.496 e. The van der Waals surface area contributed by atoms with Gasteiger partial charge < -0.3 is 43.9 Å². The van der Waals surface area contributed by atoms with Crippen molar-refractivity contribution in [3.63, 3.8) is 0 Å².